The predicted octanol–water partition coefficient (Wildman–Crippen LogP) is 3.01. The molecule has 3 heteroatoms. The summed E-state index contributed by atoms with van der Waals surface area (Å²) in [5.41, 5.74) is 9.47. The van der Waals surface area contributed by atoms with Crippen molar-refractivity contribution >= 4 is 5.82 Å². The SMILES string of the molecule is CCCCc1nn(C)c(N)c1-c1ccccc1. The molecule has 0 saturated carbocycles. The molecule has 1 aromatic carbocycles. The van der Waals surface area contributed by atoms with Crippen molar-refractivity contribution in [2.45, 2.75) is 26.2 Å². The van der Waals surface area contributed by atoms with Gasteiger partial charge in [-0.1, -0.05) is 43.7 Å². The first kappa shape index (κ1) is 11.7. The number of unbranched alkanes of at least 4 members (excludes halogenated alkanes) is 1. The van der Waals surface area contributed by atoms with Crippen LogP contribution in [0.5, 0.6) is 0 Å². The van der Waals surface area contributed by atoms with Crippen LogP contribution >= 0.6 is 0 Å². The van der Waals surface area contributed by atoms with E-state index in [2.05, 4.69) is 24.2 Å². The zero-order valence-corrected chi connectivity index (χ0v) is 10.5. The number of nitrogen functional groups attached to an aromatic ring is 1. The van der Waals surface area contributed by atoms with Gasteiger partial charge in [0.05, 0.1) is 5.69 Å². The molecule has 1 heterocycles. The zero-order valence-electron chi connectivity index (χ0n) is 10.5. The first-order chi connectivity index (χ1) is 8.24. The Kier molecular flexibility index (Phi) is 3.47. The van der Waals surface area contributed by atoms with E-state index in [4.69, 9.17) is 5.73 Å². The quantitative estimate of drug-likeness (QED) is 0.875. The molecule has 0 saturated heterocycles. The maximum Gasteiger partial charge on any atom is 0.129 e. The Morgan fingerprint density at radius 3 is 2.59 bits per heavy atom. The molecule has 2 aromatic rings. The Bertz CT molecular complexity index is 486. The number of hydrogen-bond donors (Lipinski definition) is 1. The lowest BCUT2D eigenvalue weighted by molar-refractivity contribution is 0.718. The lowest BCUT2D eigenvalue weighted by Gasteiger charge is -2.03. The Balaban J connectivity index is 2.44. The van der Waals surface area contributed by atoms with E-state index >= 15 is 0 Å². The Morgan fingerprint density at radius 1 is 1.24 bits per heavy atom. The zero-order chi connectivity index (χ0) is 12.3. The summed E-state index contributed by atoms with van der Waals surface area (Å²) in [7, 11) is 1.90. The first-order valence-corrected chi connectivity index (χ1v) is 6.10. The highest BCUT2D eigenvalue weighted by Crippen LogP contribution is 2.29. The molecule has 0 amide bonds. The van der Waals surface area contributed by atoms with Crippen LogP contribution in [0, 0.1) is 0 Å². The minimum absolute atomic E-state index is 0.752. The van der Waals surface area contributed by atoms with Crippen molar-refractivity contribution in [3.63, 3.8) is 0 Å². The number of nitrogens with zero attached hydrogens (tertiary/aromatic N) is 2. The van der Waals surface area contributed by atoms with Crippen molar-refractivity contribution < 1.29 is 0 Å². The van der Waals surface area contributed by atoms with Crippen molar-refractivity contribution in [2.24, 2.45) is 7.05 Å². The molecule has 0 aliphatic heterocycles. The molecule has 2 rings (SSSR count). The van der Waals surface area contributed by atoms with Gasteiger partial charge in [-0.05, 0) is 18.4 Å². The normalized spacial score (nSPS) is 10.7. The molecular formula is C14H19N3. The van der Waals surface area contributed by atoms with Gasteiger partial charge in [-0.2, -0.15) is 5.10 Å². The van der Waals surface area contributed by atoms with Crippen LogP contribution in [-0.2, 0) is 13.5 Å². The lowest BCUT2D eigenvalue weighted by atomic mass is 10.0. The van der Waals surface area contributed by atoms with E-state index in [0.29, 0.717) is 0 Å². The summed E-state index contributed by atoms with van der Waals surface area (Å²) in [4.78, 5) is 0. The number of anilines is 1. The van der Waals surface area contributed by atoms with Gasteiger partial charge in [-0.15, -0.1) is 0 Å². The fourth-order valence-corrected chi connectivity index (χ4v) is 2.03. The van der Waals surface area contributed by atoms with Gasteiger partial charge in [-0.25, -0.2) is 0 Å². The molecule has 0 atom stereocenters. The molecule has 0 spiro atoms. The maximum absolute atomic E-state index is 6.11. The van der Waals surface area contributed by atoms with Crippen LogP contribution in [0.15, 0.2) is 30.3 Å². The Labute approximate surface area is 102 Å². The minimum Gasteiger partial charge on any atom is -0.383 e. The van der Waals surface area contributed by atoms with Crippen molar-refractivity contribution in [2.75, 3.05) is 5.73 Å². The van der Waals surface area contributed by atoms with E-state index in [1.807, 2.05) is 25.2 Å². The molecule has 17 heavy (non-hydrogen) atoms. The van der Waals surface area contributed by atoms with Gasteiger partial charge in [-0.3, -0.25) is 4.68 Å². The van der Waals surface area contributed by atoms with Crippen LogP contribution in [0.4, 0.5) is 5.82 Å². The van der Waals surface area contributed by atoms with Crippen LogP contribution < -0.4 is 5.73 Å². The molecule has 0 aliphatic carbocycles. The summed E-state index contributed by atoms with van der Waals surface area (Å²) < 4.78 is 1.77. The third-order valence-corrected chi connectivity index (χ3v) is 2.99. The summed E-state index contributed by atoms with van der Waals surface area (Å²) in [6.07, 6.45) is 3.31. The molecular weight excluding hydrogens is 210 g/mol. The fourth-order valence-electron chi connectivity index (χ4n) is 2.03. The van der Waals surface area contributed by atoms with Crippen molar-refractivity contribution in [1.29, 1.82) is 0 Å². The second-order valence-electron chi connectivity index (χ2n) is 4.30. The molecule has 3 nitrogen and oxygen atoms in total. The standard InChI is InChI=1S/C14H19N3/c1-3-4-10-12-13(14(15)17(2)16-12)11-8-6-5-7-9-11/h5-9H,3-4,10,15H2,1-2H3. The summed E-state index contributed by atoms with van der Waals surface area (Å²) in [5.74, 6) is 0.752. The Hall–Kier alpha value is -1.77. The lowest BCUT2D eigenvalue weighted by Crippen LogP contribution is -1.97. The number of benzene rings is 1. The van der Waals surface area contributed by atoms with Gasteiger partial charge in [0.2, 0.25) is 0 Å². The van der Waals surface area contributed by atoms with Crippen molar-refractivity contribution in [1.82, 2.24) is 9.78 Å². The van der Waals surface area contributed by atoms with Gasteiger partial charge >= 0.3 is 0 Å². The molecule has 0 unspecified atom stereocenters. The molecule has 2 N–H and O–H groups in total. The average molecular weight is 229 g/mol. The van der Waals surface area contributed by atoms with Crippen LogP contribution in [0.3, 0.4) is 0 Å². The third-order valence-electron chi connectivity index (χ3n) is 2.99. The molecule has 90 valence electrons. The molecule has 0 radical (unpaired) electrons. The summed E-state index contributed by atoms with van der Waals surface area (Å²) in [5, 5.41) is 4.52. The van der Waals surface area contributed by atoms with E-state index in [9.17, 15) is 0 Å². The van der Waals surface area contributed by atoms with E-state index < -0.39 is 0 Å². The maximum atomic E-state index is 6.11. The molecule has 0 fully saturated rings. The Morgan fingerprint density at radius 2 is 1.94 bits per heavy atom. The highest BCUT2D eigenvalue weighted by Gasteiger charge is 2.14. The summed E-state index contributed by atoms with van der Waals surface area (Å²) >= 11 is 0. The second kappa shape index (κ2) is 5.04. The number of aromatic nitrogens is 2. The monoisotopic (exact) mass is 229 g/mol. The third kappa shape index (κ3) is 2.33. The fraction of sp³-hybridized carbons (Fsp3) is 0.357. The highest BCUT2D eigenvalue weighted by atomic mass is 15.3. The average Bonchev–Trinajstić information content (AvgIpc) is 2.64. The predicted molar refractivity (Wildman–Crippen MR) is 71.7 cm³/mol. The number of aryl methyl sites for hydroxylation is 2. The van der Waals surface area contributed by atoms with Gasteiger partial charge in [0.25, 0.3) is 0 Å². The molecule has 0 aliphatic rings. The topological polar surface area (TPSA) is 43.8 Å². The van der Waals surface area contributed by atoms with Crippen LogP contribution in [0.25, 0.3) is 11.1 Å². The van der Waals surface area contributed by atoms with Crippen LogP contribution in [0.1, 0.15) is 25.5 Å². The second-order valence-corrected chi connectivity index (χ2v) is 4.30. The number of hydrogen-bond acceptors (Lipinski definition) is 2. The number of rotatable bonds is 4. The minimum atomic E-state index is 0.752. The van der Waals surface area contributed by atoms with Gasteiger partial charge < -0.3 is 5.73 Å². The van der Waals surface area contributed by atoms with Gasteiger partial charge in [0, 0.05) is 12.6 Å². The molecule has 0 bridgehead atoms. The van der Waals surface area contributed by atoms with Gasteiger partial charge in [0.15, 0.2) is 0 Å². The summed E-state index contributed by atoms with van der Waals surface area (Å²) in [6, 6.07) is 10.3. The van der Waals surface area contributed by atoms with E-state index in [1.54, 1.807) is 4.68 Å². The van der Waals surface area contributed by atoms with Crippen molar-refractivity contribution in [3.05, 3.63) is 36.0 Å². The van der Waals surface area contributed by atoms with Gasteiger partial charge in [0.1, 0.15) is 5.82 Å². The van der Waals surface area contributed by atoms with Crippen LogP contribution in [-0.4, -0.2) is 9.78 Å². The van der Waals surface area contributed by atoms with E-state index in [1.165, 1.54) is 6.42 Å². The number of nitrogens with two attached hydrogens (primary N) is 1. The first-order valence-electron chi connectivity index (χ1n) is 6.10. The van der Waals surface area contributed by atoms with Crippen LogP contribution in [0.2, 0.25) is 0 Å². The van der Waals surface area contributed by atoms with E-state index in [0.717, 1.165) is 35.5 Å². The largest absolute Gasteiger partial charge is 0.383 e. The smallest absolute Gasteiger partial charge is 0.129 e. The van der Waals surface area contributed by atoms with E-state index in [-0.39, 0.29) is 0 Å². The molecule has 1 aromatic heterocycles. The van der Waals surface area contributed by atoms with Crippen molar-refractivity contribution in [3.8, 4) is 11.1 Å². The highest BCUT2D eigenvalue weighted by molar-refractivity contribution is 5.76. The summed E-state index contributed by atoms with van der Waals surface area (Å²) in [6.45, 7) is 2.19.